The van der Waals surface area contributed by atoms with Gasteiger partial charge in [0.1, 0.15) is 5.75 Å². The van der Waals surface area contributed by atoms with Crippen molar-refractivity contribution in [1.82, 2.24) is 4.98 Å². The van der Waals surface area contributed by atoms with Gasteiger partial charge < -0.3 is 10.1 Å². The fourth-order valence-electron chi connectivity index (χ4n) is 3.63. The van der Waals surface area contributed by atoms with E-state index in [1.165, 1.54) is 0 Å². The second kappa shape index (κ2) is 7.99. The minimum absolute atomic E-state index is 0.152. The zero-order chi connectivity index (χ0) is 21.3. The van der Waals surface area contributed by atoms with Gasteiger partial charge in [-0.3, -0.25) is 4.79 Å². The van der Waals surface area contributed by atoms with E-state index in [1.54, 1.807) is 7.11 Å². The Bertz CT molecular complexity index is 1240. The molecule has 1 N–H and O–H groups in total. The number of hydrogen-bond acceptors (Lipinski definition) is 3. The summed E-state index contributed by atoms with van der Waals surface area (Å²) in [6, 6.07) is 21.5. The number of nitrogens with zero attached hydrogens (tertiary/aromatic N) is 1. The molecule has 1 amide bonds. The molecule has 1 aromatic heterocycles. The Labute approximate surface area is 176 Å². The summed E-state index contributed by atoms with van der Waals surface area (Å²) in [7, 11) is 1.64. The summed E-state index contributed by atoms with van der Waals surface area (Å²) in [4.78, 5) is 18.2. The first-order valence-corrected chi connectivity index (χ1v) is 9.89. The summed E-state index contributed by atoms with van der Waals surface area (Å²) in [5.41, 5.74) is 7.12. The average molecular weight is 396 g/mol. The highest BCUT2D eigenvalue weighted by molar-refractivity contribution is 6.13. The molecule has 1 heterocycles. The van der Waals surface area contributed by atoms with Gasteiger partial charge in [0, 0.05) is 16.6 Å². The molecule has 0 aliphatic rings. The molecule has 0 bridgehead atoms. The molecule has 0 aliphatic heterocycles. The molecule has 0 saturated heterocycles. The lowest BCUT2D eigenvalue weighted by Crippen LogP contribution is -2.13. The van der Waals surface area contributed by atoms with E-state index < -0.39 is 0 Å². The van der Waals surface area contributed by atoms with Gasteiger partial charge in [-0.25, -0.2) is 4.98 Å². The van der Waals surface area contributed by atoms with Crippen LogP contribution in [0.15, 0.2) is 66.7 Å². The van der Waals surface area contributed by atoms with E-state index in [1.807, 2.05) is 81.4 Å². The second-order valence-electron chi connectivity index (χ2n) is 7.59. The second-order valence-corrected chi connectivity index (χ2v) is 7.59. The van der Waals surface area contributed by atoms with Crippen molar-refractivity contribution >= 4 is 22.5 Å². The third-order valence-electron chi connectivity index (χ3n) is 5.17. The standard InChI is InChI=1S/C26H24N2O2/c1-16-8-10-20(11-9-16)27-26(29)23-15-24(19-6-5-7-21(14-19)30-4)28-25-18(3)12-17(2)13-22(23)25/h5-15H,1-4H3,(H,27,29). The lowest BCUT2D eigenvalue weighted by atomic mass is 9.99. The van der Waals surface area contributed by atoms with Crippen molar-refractivity contribution in [2.75, 3.05) is 12.4 Å². The summed E-state index contributed by atoms with van der Waals surface area (Å²) in [6.07, 6.45) is 0. The third kappa shape index (κ3) is 3.90. The van der Waals surface area contributed by atoms with Crippen molar-refractivity contribution in [3.8, 4) is 17.0 Å². The number of ether oxygens (including phenoxy) is 1. The number of fused-ring (bicyclic) bond motifs is 1. The van der Waals surface area contributed by atoms with Crippen LogP contribution in [0.2, 0.25) is 0 Å². The van der Waals surface area contributed by atoms with Gasteiger partial charge in [0.2, 0.25) is 0 Å². The smallest absolute Gasteiger partial charge is 0.256 e. The normalized spacial score (nSPS) is 10.8. The Balaban J connectivity index is 1.87. The predicted octanol–water partition coefficient (Wildman–Crippen LogP) is 6.09. The quantitative estimate of drug-likeness (QED) is 0.454. The average Bonchev–Trinajstić information content (AvgIpc) is 2.74. The van der Waals surface area contributed by atoms with Crippen LogP contribution in [0.3, 0.4) is 0 Å². The Kier molecular flexibility index (Phi) is 5.23. The van der Waals surface area contributed by atoms with Crippen LogP contribution >= 0.6 is 0 Å². The van der Waals surface area contributed by atoms with E-state index in [-0.39, 0.29) is 5.91 Å². The molecule has 0 spiro atoms. The predicted molar refractivity (Wildman–Crippen MR) is 122 cm³/mol. The minimum atomic E-state index is -0.152. The van der Waals surface area contributed by atoms with Crippen molar-refractivity contribution in [1.29, 1.82) is 0 Å². The van der Waals surface area contributed by atoms with Crippen LogP contribution < -0.4 is 10.1 Å². The third-order valence-corrected chi connectivity index (χ3v) is 5.17. The Hall–Kier alpha value is -3.66. The topological polar surface area (TPSA) is 51.2 Å². The van der Waals surface area contributed by atoms with Crippen LogP contribution in [0.5, 0.6) is 5.75 Å². The van der Waals surface area contributed by atoms with Crippen molar-refractivity contribution < 1.29 is 9.53 Å². The number of aryl methyl sites for hydroxylation is 3. The minimum Gasteiger partial charge on any atom is -0.497 e. The van der Waals surface area contributed by atoms with E-state index in [9.17, 15) is 4.79 Å². The molecule has 3 aromatic carbocycles. The highest BCUT2D eigenvalue weighted by atomic mass is 16.5. The summed E-state index contributed by atoms with van der Waals surface area (Å²) in [6.45, 7) is 6.08. The monoisotopic (exact) mass is 396 g/mol. The van der Waals surface area contributed by atoms with Crippen LogP contribution in [-0.2, 0) is 0 Å². The number of anilines is 1. The van der Waals surface area contributed by atoms with Crippen molar-refractivity contribution in [3.63, 3.8) is 0 Å². The number of carbonyl (C=O) groups is 1. The summed E-state index contributed by atoms with van der Waals surface area (Å²) in [5.74, 6) is 0.598. The van der Waals surface area contributed by atoms with Gasteiger partial charge in [-0.1, -0.05) is 41.5 Å². The molecular weight excluding hydrogens is 372 g/mol. The summed E-state index contributed by atoms with van der Waals surface area (Å²) in [5, 5.41) is 3.88. The SMILES string of the molecule is COc1cccc(-c2cc(C(=O)Nc3ccc(C)cc3)c3cc(C)cc(C)c3n2)c1. The molecule has 30 heavy (non-hydrogen) atoms. The highest BCUT2D eigenvalue weighted by Gasteiger charge is 2.16. The fraction of sp³-hybridized carbons (Fsp3) is 0.154. The lowest BCUT2D eigenvalue weighted by Gasteiger charge is -2.13. The number of rotatable bonds is 4. The number of amides is 1. The number of hydrogen-bond donors (Lipinski definition) is 1. The maximum Gasteiger partial charge on any atom is 0.256 e. The molecule has 0 aliphatic carbocycles. The van der Waals surface area contributed by atoms with Crippen molar-refractivity contribution in [3.05, 3.63) is 89.0 Å². The van der Waals surface area contributed by atoms with Gasteiger partial charge in [-0.15, -0.1) is 0 Å². The maximum absolute atomic E-state index is 13.3. The van der Waals surface area contributed by atoms with E-state index in [2.05, 4.69) is 11.4 Å². The molecule has 4 aromatic rings. The molecule has 4 rings (SSSR count). The first kappa shape index (κ1) is 19.6. The number of aromatic nitrogens is 1. The number of carbonyl (C=O) groups excluding carboxylic acids is 1. The largest absolute Gasteiger partial charge is 0.497 e. The first-order valence-electron chi connectivity index (χ1n) is 9.89. The van der Waals surface area contributed by atoms with Crippen LogP contribution in [0.4, 0.5) is 5.69 Å². The van der Waals surface area contributed by atoms with Crippen LogP contribution in [0, 0.1) is 20.8 Å². The molecule has 0 atom stereocenters. The number of nitrogens with one attached hydrogen (secondary N) is 1. The van der Waals surface area contributed by atoms with Crippen molar-refractivity contribution in [2.45, 2.75) is 20.8 Å². The number of pyridine rings is 1. The Morgan fingerprint density at radius 1 is 0.900 bits per heavy atom. The van der Waals surface area contributed by atoms with E-state index >= 15 is 0 Å². The van der Waals surface area contributed by atoms with Gasteiger partial charge in [0.25, 0.3) is 5.91 Å². The summed E-state index contributed by atoms with van der Waals surface area (Å²) < 4.78 is 5.36. The zero-order valence-corrected chi connectivity index (χ0v) is 17.6. The Morgan fingerprint density at radius 3 is 2.40 bits per heavy atom. The first-order chi connectivity index (χ1) is 14.4. The fourth-order valence-corrected chi connectivity index (χ4v) is 3.63. The van der Waals surface area contributed by atoms with E-state index in [4.69, 9.17) is 9.72 Å². The van der Waals surface area contributed by atoms with Crippen LogP contribution in [-0.4, -0.2) is 18.0 Å². The molecule has 0 saturated carbocycles. The van der Waals surface area contributed by atoms with Gasteiger partial charge in [-0.05, 0) is 62.7 Å². The van der Waals surface area contributed by atoms with Crippen molar-refractivity contribution in [2.24, 2.45) is 0 Å². The highest BCUT2D eigenvalue weighted by Crippen LogP contribution is 2.30. The molecule has 0 radical (unpaired) electrons. The maximum atomic E-state index is 13.3. The molecule has 0 fully saturated rings. The summed E-state index contributed by atoms with van der Waals surface area (Å²) >= 11 is 0. The van der Waals surface area contributed by atoms with E-state index in [0.29, 0.717) is 5.56 Å². The Morgan fingerprint density at radius 2 is 1.67 bits per heavy atom. The zero-order valence-electron chi connectivity index (χ0n) is 17.6. The molecule has 4 heteroatoms. The van der Waals surface area contributed by atoms with Gasteiger partial charge in [0.15, 0.2) is 0 Å². The number of methoxy groups -OCH3 is 1. The molecule has 0 unspecified atom stereocenters. The van der Waals surface area contributed by atoms with Gasteiger partial charge >= 0.3 is 0 Å². The van der Waals surface area contributed by atoms with E-state index in [0.717, 1.165) is 50.3 Å². The number of benzene rings is 3. The lowest BCUT2D eigenvalue weighted by molar-refractivity contribution is 0.102. The molecule has 150 valence electrons. The van der Waals surface area contributed by atoms with Gasteiger partial charge in [-0.2, -0.15) is 0 Å². The molecular formula is C26H24N2O2. The van der Waals surface area contributed by atoms with Gasteiger partial charge in [0.05, 0.1) is 23.9 Å². The van der Waals surface area contributed by atoms with Crippen LogP contribution in [0.25, 0.3) is 22.2 Å². The van der Waals surface area contributed by atoms with Crippen LogP contribution in [0.1, 0.15) is 27.0 Å². The molecule has 4 nitrogen and oxygen atoms in total.